The Labute approximate surface area is 158 Å². The van der Waals surface area contributed by atoms with Crippen molar-refractivity contribution < 1.29 is 14.0 Å². The van der Waals surface area contributed by atoms with Gasteiger partial charge in [0.05, 0.1) is 23.0 Å². The van der Waals surface area contributed by atoms with Crippen LogP contribution in [0, 0.1) is 5.82 Å². The molecule has 0 aliphatic carbocycles. The quantitative estimate of drug-likeness (QED) is 0.427. The van der Waals surface area contributed by atoms with Gasteiger partial charge in [0.1, 0.15) is 5.82 Å². The van der Waals surface area contributed by atoms with Gasteiger partial charge in [-0.05, 0) is 29.8 Å². The van der Waals surface area contributed by atoms with Crippen LogP contribution in [0.1, 0.15) is 15.9 Å². The fraction of sp³-hybridized carbons (Fsp3) is 0.0526. The number of amides is 2. The summed E-state index contributed by atoms with van der Waals surface area (Å²) in [6.45, 7) is 0. The first-order valence-electron chi connectivity index (χ1n) is 8.42. The molecule has 4 rings (SSSR count). The van der Waals surface area contributed by atoms with Crippen LogP contribution in [0.4, 0.5) is 16.3 Å². The number of H-pyrrole nitrogens is 2. The second-order valence-corrected chi connectivity index (χ2v) is 6.03. The third kappa shape index (κ3) is 3.73. The highest BCUT2D eigenvalue weighted by Crippen LogP contribution is 2.20. The van der Waals surface area contributed by atoms with Crippen LogP contribution in [0.3, 0.4) is 0 Å². The third-order valence-corrected chi connectivity index (χ3v) is 4.03. The lowest BCUT2D eigenvalue weighted by molar-refractivity contribution is -0.115. The number of anilines is 2. The topological polar surface area (TPSA) is 116 Å². The number of hydrogen-bond donors (Lipinski definition) is 4. The van der Waals surface area contributed by atoms with Crippen LogP contribution in [0.5, 0.6) is 0 Å². The normalized spacial score (nSPS) is 10.8. The van der Waals surface area contributed by atoms with Gasteiger partial charge in [0.2, 0.25) is 17.8 Å². The van der Waals surface area contributed by atoms with Crippen molar-refractivity contribution in [1.82, 2.24) is 19.9 Å². The highest BCUT2D eigenvalue weighted by atomic mass is 19.1. The van der Waals surface area contributed by atoms with Crippen molar-refractivity contribution in [3.63, 3.8) is 0 Å². The van der Waals surface area contributed by atoms with Crippen LogP contribution in [0.2, 0.25) is 0 Å². The van der Waals surface area contributed by atoms with Crippen LogP contribution in [-0.4, -0.2) is 31.8 Å². The Morgan fingerprint density at radius 2 is 1.86 bits per heavy atom. The summed E-state index contributed by atoms with van der Waals surface area (Å²) in [6, 6.07) is 10.8. The molecule has 28 heavy (non-hydrogen) atoms. The van der Waals surface area contributed by atoms with Gasteiger partial charge in [-0.3, -0.25) is 20.2 Å². The molecule has 2 amide bonds. The van der Waals surface area contributed by atoms with E-state index in [0.29, 0.717) is 28.1 Å². The van der Waals surface area contributed by atoms with E-state index in [-0.39, 0.29) is 30.0 Å². The summed E-state index contributed by atoms with van der Waals surface area (Å²) in [5, 5.41) is 5.30. The molecule has 0 radical (unpaired) electrons. The van der Waals surface area contributed by atoms with Gasteiger partial charge in [0, 0.05) is 12.4 Å². The van der Waals surface area contributed by atoms with Gasteiger partial charge in [-0.1, -0.05) is 18.2 Å². The number of carbonyl (C=O) groups excluding carboxylic acids is 2. The number of nitrogens with one attached hydrogen (secondary N) is 4. The first-order chi connectivity index (χ1) is 13.6. The third-order valence-electron chi connectivity index (χ3n) is 4.03. The molecule has 0 atom stereocenters. The molecule has 140 valence electrons. The van der Waals surface area contributed by atoms with E-state index < -0.39 is 0 Å². The van der Waals surface area contributed by atoms with Crippen LogP contribution >= 0.6 is 0 Å². The van der Waals surface area contributed by atoms with Gasteiger partial charge in [0.25, 0.3) is 5.91 Å². The number of benzene rings is 2. The number of hydrogen-bond acceptors (Lipinski definition) is 4. The van der Waals surface area contributed by atoms with E-state index in [2.05, 4.69) is 30.6 Å². The van der Waals surface area contributed by atoms with E-state index in [1.807, 2.05) is 0 Å². The molecule has 0 aliphatic rings. The number of aromatic amines is 2. The summed E-state index contributed by atoms with van der Waals surface area (Å²) in [5.41, 5.74) is 2.06. The van der Waals surface area contributed by atoms with Crippen molar-refractivity contribution >= 4 is 34.7 Å². The number of imidazole rings is 2. The Kier molecular flexibility index (Phi) is 4.55. The minimum Gasteiger partial charge on any atom is -0.331 e. The van der Waals surface area contributed by atoms with Crippen LogP contribution in [0.25, 0.3) is 11.0 Å². The standard InChI is InChI=1S/C19H15FN6O2/c20-12-6-4-11(5-7-12)10-15(27)24-19-23-14-3-1-2-13(16(14)25-19)17(28)26-18-21-8-9-22-18/h1-9H,10H2,(H2,21,22,26,28)(H2,23,24,25,27). The Hall–Kier alpha value is -4.01. The van der Waals surface area contributed by atoms with Gasteiger partial charge in [-0.2, -0.15) is 0 Å². The average molecular weight is 378 g/mol. The first kappa shape index (κ1) is 17.4. The van der Waals surface area contributed by atoms with E-state index in [4.69, 9.17) is 0 Å². The van der Waals surface area contributed by atoms with E-state index in [1.54, 1.807) is 36.5 Å². The monoisotopic (exact) mass is 378 g/mol. The summed E-state index contributed by atoms with van der Waals surface area (Å²) in [5.74, 6) is -0.489. The van der Waals surface area contributed by atoms with E-state index in [0.717, 1.165) is 0 Å². The van der Waals surface area contributed by atoms with E-state index >= 15 is 0 Å². The lowest BCUT2D eigenvalue weighted by atomic mass is 10.1. The molecule has 0 saturated heterocycles. The second kappa shape index (κ2) is 7.31. The number of nitrogens with zero attached hydrogens (tertiary/aromatic N) is 2. The van der Waals surface area contributed by atoms with Gasteiger partial charge in [-0.15, -0.1) is 0 Å². The number of fused-ring (bicyclic) bond motifs is 1. The molecule has 0 spiro atoms. The van der Waals surface area contributed by atoms with Crippen molar-refractivity contribution in [2.45, 2.75) is 6.42 Å². The number of para-hydroxylation sites is 1. The minimum atomic E-state index is -0.367. The summed E-state index contributed by atoms with van der Waals surface area (Å²) in [7, 11) is 0. The summed E-state index contributed by atoms with van der Waals surface area (Å²) in [4.78, 5) is 38.7. The number of halogens is 1. The second-order valence-electron chi connectivity index (χ2n) is 6.03. The van der Waals surface area contributed by atoms with Crippen molar-refractivity contribution in [2.75, 3.05) is 10.6 Å². The summed E-state index contributed by atoms with van der Waals surface area (Å²) < 4.78 is 13.0. The fourth-order valence-electron chi connectivity index (χ4n) is 2.75. The molecule has 0 fully saturated rings. The van der Waals surface area contributed by atoms with E-state index in [9.17, 15) is 14.0 Å². The summed E-state index contributed by atoms with van der Waals surface area (Å²) in [6.07, 6.45) is 3.20. The molecular weight excluding hydrogens is 363 g/mol. The Bertz CT molecular complexity index is 1140. The van der Waals surface area contributed by atoms with Gasteiger partial charge >= 0.3 is 0 Å². The maximum atomic E-state index is 13.0. The lowest BCUT2D eigenvalue weighted by Gasteiger charge is -2.03. The molecule has 2 aromatic heterocycles. The molecule has 4 aromatic rings. The molecule has 8 nitrogen and oxygen atoms in total. The minimum absolute atomic E-state index is 0.0726. The van der Waals surface area contributed by atoms with Crippen LogP contribution in [0.15, 0.2) is 54.9 Å². The van der Waals surface area contributed by atoms with Crippen LogP contribution < -0.4 is 10.6 Å². The maximum Gasteiger partial charge on any atom is 0.260 e. The molecule has 0 unspecified atom stereocenters. The molecule has 4 N–H and O–H groups in total. The molecular formula is C19H15FN6O2. The Morgan fingerprint density at radius 1 is 1.04 bits per heavy atom. The maximum absolute atomic E-state index is 13.0. The molecule has 0 aliphatic heterocycles. The molecule has 9 heteroatoms. The fourth-order valence-corrected chi connectivity index (χ4v) is 2.75. The van der Waals surface area contributed by atoms with Gasteiger partial charge in [-0.25, -0.2) is 14.4 Å². The predicted octanol–water partition coefficient (Wildman–Crippen LogP) is 2.86. The smallest absolute Gasteiger partial charge is 0.260 e. The molecule has 2 aromatic carbocycles. The zero-order valence-electron chi connectivity index (χ0n) is 14.5. The molecule has 0 bridgehead atoms. The summed E-state index contributed by atoms with van der Waals surface area (Å²) >= 11 is 0. The number of rotatable bonds is 5. The largest absolute Gasteiger partial charge is 0.331 e. The Balaban J connectivity index is 1.52. The van der Waals surface area contributed by atoms with Gasteiger partial charge in [0.15, 0.2) is 0 Å². The predicted molar refractivity (Wildman–Crippen MR) is 101 cm³/mol. The zero-order valence-corrected chi connectivity index (χ0v) is 14.5. The first-order valence-corrected chi connectivity index (χ1v) is 8.42. The average Bonchev–Trinajstić information content (AvgIpc) is 3.32. The van der Waals surface area contributed by atoms with Crippen molar-refractivity contribution in [2.24, 2.45) is 0 Å². The SMILES string of the molecule is O=C(Cc1ccc(F)cc1)Nc1nc2cccc(C(=O)Nc3ncc[nH]3)c2[nH]1. The lowest BCUT2D eigenvalue weighted by Crippen LogP contribution is -2.15. The van der Waals surface area contributed by atoms with Crippen molar-refractivity contribution in [1.29, 1.82) is 0 Å². The van der Waals surface area contributed by atoms with E-state index in [1.165, 1.54) is 18.3 Å². The van der Waals surface area contributed by atoms with Crippen LogP contribution in [-0.2, 0) is 11.2 Å². The van der Waals surface area contributed by atoms with Crippen molar-refractivity contribution in [3.05, 3.63) is 71.8 Å². The van der Waals surface area contributed by atoms with Gasteiger partial charge < -0.3 is 9.97 Å². The molecule has 2 heterocycles. The number of carbonyl (C=O) groups is 2. The molecule has 0 saturated carbocycles. The zero-order chi connectivity index (χ0) is 19.5. The van der Waals surface area contributed by atoms with Crippen molar-refractivity contribution in [3.8, 4) is 0 Å². The highest BCUT2D eigenvalue weighted by molar-refractivity contribution is 6.11. The number of aromatic nitrogens is 4. The highest BCUT2D eigenvalue weighted by Gasteiger charge is 2.15. The Morgan fingerprint density at radius 3 is 2.61 bits per heavy atom.